The van der Waals surface area contributed by atoms with Crippen LogP contribution in [0.25, 0.3) is 0 Å². The molecule has 0 aromatic rings. The molecule has 0 heterocycles. The van der Waals surface area contributed by atoms with Crippen LogP contribution in [0.15, 0.2) is 11.6 Å². The summed E-state index contributed by atoms with van der Waals surface area (Å²) in [5.41, 5.74) is 2.33. The summed E-state index contributed by atoms with van der Waals surface area (Å²) in [5.74, 6) is 4.90. The SMILES string of the molecule is CC(C)CCC[C@@H](C)[C@H]1CC[C@H]2[C@@H]3CC=C4C[C@@H](OC(=O)CCC(=O)N(CCCN(C)C)CCCN(C)C)CC[C@]4(C)[C@H]3CC[C@]12C. The lowest BCUT2D eigenvalue weighted by Gasteiger charge is -2.58. The minimum Gasteiger partial charge on any atom is -0.462 e. The van der Waals surface area contributed by atoms with Crippen molar-refractivity contribution in [3.8, 4) is 0 Å². The van der Waals surface area contributed by atoms with Crippen molar-refractivity contribution in [1.29, 1.82) is 0 Å². The molecule has 0 aliphatic heterocycles. The van der Waals surface area contributed by atoms with Gasteiger partial charge >= 0.3 is 5.97 Å². The fourth-order valence-electron chi connectivity index (χ4n) is 10.9. The molecule has 0 unspecified atom stereocenters. The molecular formula is C41H73N3O3. The van der Waals surface area contributed by atoms with Crippen LogP contribution in [0.4, 0.5) is 0 Å². The third kappa shape index (κ3) is 9.65. The van der Waals surface area contributed by atoms with Gasteiger partial charge in [0.15, 0.2) is 0 Å². The number of rotatable bonds is 17. The first kappa shape index (κ1) is 38.4. The number of hydrogen-bond donors (Lipinski definition) is 0. The first-order valence-corrected chi connectivity index (χ1v) is 19.7. The van der Waals surface area contributed by atoms with Crippen LogP contribution >= 0.6 is 0 Å². The zero-order valence-electron chi connectivity index (χ0n) is 32.1. The van der Waals surface area contributed by atoms with Crippen LogP contribution in [0.5, 0.6) is 0 Å². The fourth-order valence-corrected chi connectivity index (χ4v) is 10.9. The van der Waals surface area contributed by atoms with Crippen LogP contribution in [0.3, 0.4) is 0 Å². The van der Waals surface area contributed by atoms with Gasteiger partial charge < -0.3 is 19.4 Å². The van der Waals surface area contributed by atoms with Gasteiger partial charge in [-0.25, -0.2) is 0 Å². The van der Waals surface area contributed by atoms with Crippen molar-refractivity contribution in [3.05, 3.63) is 11.6 Å². The van der Waals surface area contributed by atoms with Gasteiger partial charge in [0.2, 0.25) is 5.91 Å². The maximum Gasteiger partial charge on any atom is 0.306 e. The number of carbonyl (C=O) groups excluding carboxylic acids is 2. The Morgan fingerprint density at radius 3 is 2.15 bits per heavy atom. The number of carbonyl (C=O) groups is 2. The molecule has 0 spiro atoms. The van der Waals surface area contributed by atoms with Gasteiger partial charge in [-0.2, -0.15) is 0 Å². The van der Waals surface area contributed by atoms with E-state index in [9.17, 15) is 9.59 Å². The second-order valence-corrected chi connectivity index (χ2v) is 17.8. The maximum atomic E-state index is 13.2. The predicted molar refractivity (Wildman–Crippen MR) is 195 cm³/mol. The lowest BCUT2D eigenvalue weighted by Crippen LogP contribution is -2.51. The van der Waals surface area contributed by atoms with Crippen LogP contribution in [0.1, 0.15) is 131 Å². The Labute approximate surface area is 289 Å². The number of nitrogens with zero attached hydrogens (tertiary/aromatic N) is 3. The molecule has 6 nitrogen and oxygen atoms in total. The maximum absolute atomic E-state index is 13.2. The standard InChI is InChI=1S/C41H73N3O3/c1-30(2)13-10-14-31(3)35-17-18-36-34-16-15-32-29-33(21-23-40(32,4)37(34)22-24-41(35,36)5)47-39(46)20-19-38(45)44(27-11-25-42(6)7)28-12-26-43(8)9/h15,30-31,33-37H,10-14,16-29H2,1-9H3/t31-,33+,34+,35-,36+,37+,40+,41-/m1/s1. The Hall–Kier alpha value is -1.40. The smallest absolute Gasteiger partial charge is 0.306 e. The lowest BCUT2D eigenvalue weighted by atomic mass is 9.47. The van der Waals surface area contributed by atoms with E-state index in [0.717, 1.165) is 93.8 Å². The summed E-state index contributed by atoms with van der Waals surface area (Å²) in [6.45, 7) is 15.9. The summed E-state index contributed by atoms with van der Waals surface area (Å²) in [4.78, 5) is 32.5. The summed E-state index contributed by atoms with van der Waals surface area (Å²) in [6.07, 6.45) is 18.9. The Morgan fingerprint density at radius 1 is 0.830 bits per heavy atom. The molecule has 270 valence electrons. The molecule has 4 aliphatic rings. The van der Waals surface area contributed by atoms with E-state index in [1.807, 2.05) is 4.90 Å². The Kier molecular flexibility index (Phi) is 13.9. The monoisotopic (exact) mass is 656 g/mol. The van der Waals surface area contributed by atoms with Crippen LogP contribution in [-0.4, -0.2) is 87.0 Å². The number of esters is 1. The van der Waals surface area contributed by atoms with Crippen molar-refractivity contribution in [2.45, 2.75) is 137 Å². The molecule has 3 fully saturated rings. The average Bonchev–Trinajstić information content (AvgIpc) is 3.36. The molecule has 3 saturated carbocycles. The number of allylic oxidation sites excluding steroid dienone is 1. The summed E-state index contributed by atoms with van der Waals surface area (Å²) in [5, 5.41) is 0. The van der Waals surface area contributed by atoms with Gasteiger partial charge in [0.05, 0.1) is 6.42 Å². The number of amides is 1. The first-order chi connectivity index (χ1) is 22.2. The van der Waals surface area contributed by atoms with Gasteiger partial charge in [-0.05, 0) is 145 Å². The Balaban J connectivity index is 1.29. The summed E-state index contributed by atoms with van der Waals surface area (Å²) < 4.78 is 6.09. The molecule has 0 N–H and O–H groups in total. The van der Waals surface area contributed by atoms with E-state index in [2.05, 4.69) is 78.7 Å². The Morgan fingerprint density at radius 2 is 1.51 bits per heavy atom. The zero-order chi connectivity index (χ0) is 34.4. The van der Waals surface area contributed by atoms with Crippen LogP contribution in [0.2, 0.25) is 0 Å². The van der Waals surface area contributed by atoms with E-state index in [1.165, 1.54) is 51.4 Å². The highest BCUT2D eigenvalue weighted by Crippen LogP contribution is 2.67. The van der Waals surface area contributed by atoms with Gasteiger partial charge in [0.25, 0.3) is 0 Å². The third-order valence-electron chi connectivity index (χ3n) is 13.5. The first-order valence-electron chi connectivity index (χ1n) is 19.7. The number of ether oxygens (including phenoxy) is 1. The normalized spacial score (nSPS) is 32.5. The highest BCUT2D eigenvalue weighted by Gasteiger charge is 2.59. The summed E-state index contributed by atoms with van der Waals surface area (Å²) in [7, 11) is 8.26. The molecule has 4 rings (SSSR count). The van der Waals surface area contributed by atoms with Gasteiger partial charge in [0.1, 0.15) is 6.10 Å². The Bertz CT molecular complexity index is 1040. The van der Waals surface area contributed by atoms with Crippen molar-refractivity contribution < 1.29 is 14.3 Å². The van der Waals surface area contributed by atoms with Crippen molar-refractivity contribution >= 4 is 11.9 Å². The van der Waals surface area contributed by atoms with Crippen molar-refractivity contribution in [1.82, 2.24) is 14.7 Å². The molecule has 0 aromatic carbocycles. The second kappa shape index (κ2) is 17.0. The minimum atomic E-state index is -0.198. The zero-order valence-corrected chi connectivity index (χ0v) is 32.1. The highest BCUT2D eigenvalue weighted by molar-refractivity contribution is 5.81. The highest BCUT2D eigenvalue weighted by atomic mass is 16.5. The molecule has 47 heavy (non-hydrogen) atoms. The second-order valence-electron chi connectivity index (χ2n) is 17.8. The lowest BCUT2D eigenvalue weighted by molar-refractivity contribution is -0.153. The number of hydrogen-bond acceptors (Lipinski definition) is 5. The van der Waals surface area contributed by atoms with E-state index in [4.69, 9.17) is 4.74 Å². The largest absolute Gasteiger partial charge is 0.462 e. The van der Waals surface area contributed by atoms with Gasteiger partial charge in [-0.1, -0.05) is 65.5 Å². The molecule has 0 bridgehead atoms. The summed E-state index contributed by atoms with van der Waals surface area (Å²) >= 11 is 0. The summed E-state index contributed by atoms with van der Waals surface area (Å²) in [6, 6.07) is 0. The van der Waals surface area contributed by atoms with Gasteiger partial charge in [-0.15, -0.1) is 0 Å². The fraction of sp³-hybridized carbons (Fsp3) is 0.902. The molecular weight excluding hydrogens is 582 g/mol. The average molecular weight is 656 g/mol. The van der Waals surface area contributed by atoms with Crippen molar-refractivity contribution in [3.63, 3.8) is 0 Å². The topological polar surface area (TPSA) is 53.1 Å². The molecule has 1 amide bonds. The minimum absolute atomic E-state index is 0.0406. The molecule has 6 heteroatoms. The van der Waals surface area contributed by atoms with E-state index in [0.29, 0.717) is 5.41 Å². The van der Waals surface area contributed by atoms with E-state index in [-0.39, 0.29) is 36.2 Å². The molecule has 0 aromatic heterocycles. The number of fused-ring (bicyclic) bond motifs is 5. The molecule has 4 aliphatic carbocycles. The third-order valence-corrected chi connectivity index (χ3v) is 13.5. The molecule has 8 atom stereocenters. The quantitative estimate of drug-likeness (QED) is 0.116. The van der Waals surface area contributed by atoms with Gasteiger partial charge in [-0.3, -0.25) is 9.59 Å². The van der Waals surface area contributed by atoms with Crippen LogP contribution in [-0.2, 0) is 14.3 Å². The van der Waals surface area contributed by atoms with Gasteiger partial charge in [0, 0.05) is 25.9 Å². The van der Waals surface area contributed by atoms with Crippen LogP contribution in [0, 0.1) is 46.3 Å². The molecule has 0 saturated heterocycles. The van der Waals surface area contributed by atoms with E-state index >= 15 is 0 Å². The molecule has 0 radical (unpaired) electrons. The van der Waals surface area contributed by atoms with Crippen LogP contribution < -0.4 is 0 Å². The predicted octanol–water partition coefficient (Wildman–Crippen LogP) is 8.45. The van der Waals surface area contributed by atoms with Crippen molar-refractivity contribution in [2.75, 3.05) is 54.4 Å². The van der Waals surface area contributed by atoms with E-state index in [1.54, 1.807) is 5.57 Å². The van der Waals surface area contributed by atoms with E-state index < -0.39 is 0 Å². The van der Waals surface area contributed by atoms with Crippen molar-refractivity contribution in [2.24, 2.45) is 46.3 Å².